The number of halogens is 1. The number of ether oxygens (including phenoxy) is 1. The molecule has 2 aliphatic rings. The van der Waals surface area contributed by atoms with E-state index in [4.69, 9.17) is 16.3 Å². The number of carbonyl (C=O) groups is 4. The van der Waals surface area contributed by atoms with Gasteiger partial charge in [0.1, 0.15) is 0 Å². The van der Waals surface area contributed by atoms with Crippen LogP contribution in [0.4, 0.5) is 11.4 Å². The summed E-state index contributed by atoms with van der Waals surface area (Å²) in [4.78, 5) is 51.3. The highest BCUT2D eigenvalue weighted by molar-refractivity contribution is 6.31. The molecule has 1 heterocycles. The van der Waals surface area contributed by atoms with Gasteiger partial charge in [-0.05, 0) is 74.1 Å². The first kappa shape index (κ1) is 23.0. The highest BCUT2D eigenvalue weighted by Gasteiger charge is 2.49. The lowest BCUT2D eigenvalue weighted by Gasteiger charge is -2.25. The highest BCUT2D eigenvalue weighted by atomic mass is 35.5. The van der Waals surface area contributed by atoms with Crippen molar-refractivity contribution in [1.29, 1.82) is 0 Å². The van der Waals surface area contributed by atoms with Crippen LogP contribution < -0.4 is 10.2 Å². The standard InChI is InChI=1S/C25H25ClN2O5/c1-14-3-10-19-20(11-14)24(31)28(23(19)30)18-8-5-16(6-9-18)25(32)33-13-22(29)27-17-7-4-15(2)21(26)12-17/h4-9,12,14,19-20H,3,10-11,13H2,1-2H3,(H,27,29)/t14-,19+,20-/m0/s1. The van der Waals surface area contributed by atoms with Crippen molar-refractivity contribution in [3.05, 3.63) is 58.6 Å². The molecule has 1 saturated heterocycles. The Kier molecular flexibility index (Phi) is 6.51. The van der Waals surface area contributed by atoms with Crippen LogP contribution >= 0.6 is 11.6 Å². The molecule has 3 atom stereocenters. The second kappa shape index (κ2) is 9.35. The zero-order valence-corrected chi connectivity index (χ0v) is 19.2. The number of esters is 1. The Bertz CT molecular complexity index is 1110. The van der Waals surface area contributed by atoms with E-state index >= 15 is 0 Å². The third-order valence-corrected chi connectivity index (χ3v) is 6.75. The molecule has 2 fully saturated rings. The van der Waals surface area contributed by atoms with Gasteiger partial charge in [-0.15, -0.1) is 0 Å². The van der Waals surface area contributed by atoms with Gasteiger partial charge < -0.3 is 10.1 Å². The molecule has 2 aromatic rings. The first-order valence-corrected chi connectivity index (χ1v) is 11.3. The highest BCUT2D eigenvalue weighted by Crippen LogP contribution is 2.42. The number of aryl methyl sites for hydroxylation is 1. The lowest BCUT2D eigenvalue weighted by molar-refractivity contribution is -0.122. The summed E-state index contributed by atoms with van der Waals surface area (Å²) in [7, 11) is 0. The van der Waals surface area contributed by atoms with Crippen molar-refractivity contribution in [2.45, 2.75) is 33.1 Å². The molecule has 7 nitrogen and oxygen atoms in total. The fraction of sp³-hybridized carbons (Fsp3) is 0.360. The van der Waals surface area contributed by atoms with Crippen LogP contribution in [0.5, 0.6) is 0 Å². The van der Waals surface area contributed by atoms with Gasteiger partial charge >= 0.3 is 5.97 Å². The molecule has 2 aromatic carbocycles. The van der Waals surface area contributed by atoms with Crippen LogP contribution in [0.25, 0.3) is 0 Å². The second-order valence-electron chi connectivity index (χ2n) is 8.78. The number of nitrogens with zero attached hydrogens (tertiary/aromatic N) is 1. The maximum atomic E-state index is 12.8. The largest absolute Gasteiger partial charge is 0.452 e. The molecule has 0 bridgehead atoms. The van der Waals surface area contributed by atoms with E-state index in [1.165, 1.54) is 17.0 Å². The van der Waals surface area contributed by atoms with Crippen molar-refractivity contribution in [1.82, 2.24) is 0 Å². The van der Waals surface area contributed by atoms with Crippen LogP contribution in [-0.4, -0.2) is 30.3 Å². The molecule has 0 aromatic heterocycles. The first-order valence-electron chi connectivity index (χ1n) is 11.0. The Morgan fingerprint density at radius 3 is 2.45 bits per heavy atom. The van der Waals surface area contributed by atoms with Crippen molar-refractivity contribution >= 4 is 46.7 Å². The van der Waals surface area contributed by atoms with Gasteiger partial charge in [-0.1, -0.05) is 24.6 Å². The molecule has 8 heteroatoms. The number of amides is 3. The summed E-state index contributed by atoms with van der Waals surface area (Å²) in [5, 5.41) is 3.14. The Hall–Kier alpha value is -3.19. The quantitative estimate of drug-likeness (QED) is 0.519. The summed E-state index contributed by atoms with van der Waals surface area (Å²) >= 11 is 6.04. The summed E-state index contributed by atoms with van der Waals surface area (Å²) in [6.07, 6.45) is 2.41. The summed E-state index contributed by atoms with van der Waals surface area (Å²) in [6, 6.07) is 11.2. The van der Waals surface area contributed by atoms with Crippen LogP contribution in [0.1, 0.15) is 42.1 Å². The van der Waals surface area contributed by atoms with Gasteiger partial charge in [0.25, 0.3) is 5.91 Å². The lowest BCUT2D eigenvalue weighted by atomic mass is 9.76. The van der Waals surface area contributed by atoms with E-state index in [0.717, 1.165) is 24.8 Å². The van der Waals surface area contributed by atoms with Gasteiger partial charge in [0.15, 0.2) is 6.61 Å². The van der Waals surface area contributed by atoms with Crippen LogP contribution in [0.15, 0.2) is 42.5 Å². The molecule has 1 aliphatic carbocycles. The smallest absolute Gasteiger partial charge is 0.338 e. The van der Waals surface area contributed by atoms with E-state index in [1.807, 2.05) is 6.92 Å². The van der Waals surface area contributed by atoms with E-state index in [0.29, 0.717) is 22.3 Å². The Morgan fingerprint density at radius 2 is 1.76 bits per heavy atom. The van der Waals surface area contributed by atoms with Gasteiger partial charge in [-0.25, -0.2) is 4.79 Å². The van der Waals surface area contributed by atoms with Crippen LogP contribution in [-0.2, 0) is 19.1 Å². The molecule has 1 saturated carbocycles. The average molecular weight is 469 g/mol. The normalized spacial score (nSPS) is 22.2. The number of hydrogen-bond donors (Lipinski definition) is 1. The van der Waals surface area contributed by atoms with Crippen LogP contribution in [0, 0.1) is 24.7 Å². The fourth-order valence-electron chi connectivity index (χ4n) is 4.47. The van der Waals surface area contributed by atoms with Crippen molar-refractivity contribution in [3.8, 4) is 0 Å². The predicted octanol–water partition coefficient (Wildman–Crippen LogP) is 4.37. The summed E-state index contributed by atoms with van der Waals surface area (Å²) in [6.45, 7) is 3.49. The molecule has 3 amide bonds. The number of nitrogens with one attached hydrogen (secondary N) is 1. The molecule has 4 rings (SSSR count). The minimum absolute atomic E-state index is 0.167. The molecule has 1 aliphatic heterocycles. The molecular formula is C25H25ClN2O5. The number of rotatable bonds is 5. The van der Waals surface area contributed by atoms with E-state index in [-0.39, 0.29) is 29.2 Å². The number of benzene rings is 2. The molecule has 0 unspecified atom stereocenters. The van der Waals surface area contributed by atoms with Gasteiger partial charge in [0.2, 0.25) is 11.8 Å². The predicted molar refractivity (Wildman–Crippen MR) is 124 cm³/mol. The van der Waals surface area contributed by atoms with Gasteiger partial charge in [-0.2, -0.15) is 0 Å². The molecule has 0 radical (unpaired) electrons. The number of imide groups is 1. The molecular weight excluding hydrogens is 444 g/mol. The van der Waals surface area contributed by atoms with Gasteiger partial charge in [0.05, 0.1) is 23.1 Å². The number of anilines is 2. The molecule has 0 spiro atoms. The van der Waals surface area contributed by atoms with Crippen molar-refractivity contribution in [2.75, 3.05) is 16.8 Å². The lowest BCUT2D eigenvalue weighted by Crippen LogP contribution is -2.30. The second-order valence-corrected chi connectivity index (χ2v) is 9.19. The third kappa shape index (κ3) is 4.78. The SMILES string of the molecule is Cc1ccc(NC(=O)COC(=O)c2ccc(N3C(=O)[C@H]4C[C@@H](C)CC[C@H]4C3=O)cc2)cc1Cl. The van der Waals surface area contributed by atoms with Crippen molar-refractivity contribution in [2.24, 2.45) is 17.8 Å². The maximum absolute atomic E-state index is 12.8. The molecule has 33 heavy (non-hydrogen) atoms. The van der Waals surface area contributed by atoms with E-state index < -0.39 is 18.5 Å². The minimum atomic E-state index is -0.680. The van der Waals surface area contributed by atoms with Crippen molar-refractivity contribution in [3.63, 3.8) is 0 Å². The number of fused-ring (bicyclic) bond motifs is 1. The third-order valence-electron chi connectivity index (χ3n) is 6.34. The monoisotopic (exact) mass is 468 g/mol. The summed E-state index contributed by atoms with van der Waals surface area (Å²) in [5.74, 6) is -1.58. The molecule has 1 N–H and O–H groups in total. The first-order chi connectivity index (χ1) is 15.7. The van der Waals surface area contributed by atoms with E-state index in [9.17, 15) is 19.2 Å². The fourth-order valence-corrected chi connectivity index (χ4v) is 4.65. The van der Waals surface area contributed by atoms with Crippen LogP contribution in [0.2, 0.25) is 5.02 Å². The maximum Gasteiger partial charge on any atom is 0.338 e. The summed E-state index contributed by atoms with van der Waals surface area (Å²) < 4.78 is 5.08. The topological polar surface area (TPSA) is 92.8 Å². The Balaban J connectivity index is 1.35. The zero-order chi connectivity index (χ0) is 23.7. The van der Waals surface area contributed by atoms with Gasteiger partial charge in [0, 0.05) is 10.7 Å². The average Bonchev–Trinajstić information content (AvgIpc) is 3.04. The minimum Gasteiger partial charge on any atom is -0.452 e. The molecule has 172 valence electrons. The van der Waals surface area contributed by atoms with E-state index in [1.54, 1.807) is 30.3 Å². The zero-order valence-electron chi connectivity index (χ0n) is 18.5. The Labute approximate surface area is 197 Å². The Morgan fingerprint density at radius 1 is 1.06 bits per heavy atom. The van der Waals surface area contributed by atoms with Gasteiger partial charge in [-0.3, -0.25) is 19.3 Å². The number of hydrogen-bond acceptors (Lipinski definition) is 5. The van der Waals surface area contributed by atoms with E-state index in [2.05, 4.69) is 12.2 Å². The van der Waals surface area contributed by atoms with Crippen molar-refractivity contribution < 1.29 is 23.9 Å². The summed E-state index contributed by atoms with van der Waals surface area (Å²) in [5.41, 5.74) is 2.05. The van der Waals surface area contributed by atoms with Crippen LogP contribution in [0.3, 0.4) is 0 Å². The number of carbonyl (C=O) groups excluding carboxylic acids is 4.